The van der Waals surface area contributed by atoms with E-state index in [9.17, 15) is 4.39 Å². The molecule has 0 aromatic heterocycles. The van der Waals surface area contributed by atoms with E-state index in [-0.39, 0.29) is 29.8 Å². The summed E-state index contributed by atoms with van der Waals surface area (Å²) in [5.74, 6) is 0.998. The lowest BCUT2D eigenvalue weighted by Gasteiger charge is -2.07. The lowest BCUT2D eigenvalue weighted by Crippen LogP contribution is -2.31. The van der Waals surface area contributed by atoms with Gasteiger partial charge in [-0.2, -0.15) is 11.8 Å². The van der Waals surface area contributed by atoms with Gasteiger partial charge in [0.2, 0.25) is 0 Å². The molecule has 1 rings (SSSR count). The monoisotopic (exact) mass is 383 g/mol. The van der Waals surface area contributed by atoms with E-state index in [1.165, 1.54) is 6.07 Å². The molecule has 0 atom stereocenters. The van der Waals surface area contributed by atoms with Crippen LogP contribution >= 0.6 is 35.7 Å². The number of nitrogens with one attached hydrogen (secondary N) is 1. The smallest absolute Gasteiger partial charge is 0.188 e. The van der Waals surface area contributed by atoms with E-state index < -0.39 is 0 Å². The Labute approximate surface area is 129 Å². The summed E-state index contributed by atoms with van der Waals surface area (Å²) in [5.41, 5.74) is 7.64. The van der Waals surface area contributed by atoms with Crippen molar-refractivity contribution in [3.05, 3.63) is 35.1 Å². The SMILES string of the molecule is CCNC(N)=NCc1ccc(F)cc1CSC.I. The zero-order valence-electron chi connectivity index (χ0n) is 10.6. The molecule has 0 unspecified atom stereocenters. The summed E-state index contributed by atoms with van der Waals surface area (Å²) >= 11 is 1.66. The van der Waals surface area contributed by atoms with Gasteiger partial charge in [0, 0.05) is 12.3 Å². The molecule has 0 fully saturated rings. The molecule has 18 heavy (non-hydrogen) atoms. The predicted octanol–water partition coefficient (Wildman–Crippen LogP) is 2.73. The number of guanidine groups is 1. The molecular weight excluding hydrogens is 364 g/mol. The van der Waals surface area contributed by atoms with Gasteiger partial charge < -0.3 is 11.1 Å². The zero-order chi connectivity index (χ0) is 12.7. The Morgan fingerprint density at radius 1 is 1.44 bits per heavy atom. The molecule has 0 aliphatic rings. The number of hydrogen-bond donors (Lipinski definition) is 2. The van der Waals surface area contributed by atoms with Crippen molar-refractivity contribution in [1.29, 1.82) is 0 Å². The molecule has 0 bridgehead atoms. The minimum atomic E-state index is -0.207. The highest BCUT2D eigenvalue weighted by Crippen LogP contribution is 2.17. The highest BCUT2D eigenvalue weighted by Gasteiger charge is 2.03. The van der Waals surface area contributed by atoms with Crippen LogP contribution in [0.1, 0.15) is 18.1 Å². The summed E-state index contributed by atoms with van der Waals surface area (Å²) in [6, 6.07) is 4.78. The van der Waals surface area contributed by atoms with Crippen LogP contribution in [0, 0.1) is 5.82 Å². The predicted molar refractivity (Wildman–Crippen MR) is 88.0 cm³/mol. The van der Waals surface area contributed by atoms with E-state index in [2.05, 4.69) is 10.3 Å². The molecule has 6 heteroatoms. The number of aliphatic imine (C=N–C) groups is 1. The average Bonchev–Trinajstić information content (AvgIpc) is 2.29. The van der Waals surface area contributed by atoms with Crippen molar-refractivity contribution in [1.82, 2.24) is 5.32 Å². The van der Waals surface area contributed by atoms with Crippen LogP contribution in [0.2, 0.25) is 0 Å². The van der Waals surface area contributed by atoms with Crippen LogP contribution < -0.4 is 11.1 Å². The van der Waals surface area contributed by atoms with Crippen LogP contribution in [0.15, 0.2) is 23.2 Å². The summed E-state index contributed by atoms with van der Waals surface area (Å²) in [6.07, 6.45) is 1.99. The Morgan fingerprint density at radius 3 is 2.78 bits per heavy atom. The van der Waals surface area contributed by atoms with Crippen molar-refractivity contribution < 1.29 is 4.39 Å². The number of nitrogens with two attached hydrogens (primary N) is 1. The Hall–Kier alpha value is -0.500. The molecule has 0 radical (unpaired) electrons. The van der Waals surface area contributed by atoms with Gasteiger partial charge in [0.15, 0.2) is 5.96 Å². The van der Waals surface area contributed by atoms with Gasteiger partial charge >= 0.3 is 0 Å². The second-order valence-corrected chi connectivity index (χ2v) is 4.44. The number of rotatable bonds is 5. The van der Waals surface area contributed by atoms with E-state index in [4.69, 9.17) is 5.73 Å². The van der Waals surface area contributed by atoms with Crippen LogP contribution in [0.5, 0.6) is 0 Å². The molecule has 0 saturated carbocycles. The van der Waals surface area contributed by atoms with Gasteiger partial charge in [0.05, 0.1) is 6.54 Å². The summed E-state index contributed by atoms with van der Waals surface area (Å²) < 4.78 is 13.1. The first-order chi connectivity index (χ1) is 8.17. The van der Waals surface area contributed by atoms with Gasteiger partial charge in [0.1, 0.15) is 5.82 Å². The second-order valence-electron chi connectivity index (χ2n) is 3.58. The maximum Gasteiger partial charge on any atom is 0.188 e. The average molecular weight is 383 g/mol. The van der Waals surface area contributed by atoms with Crippen molar-refractivity contribution in [3.63, 3.8) is 0 Å². The van der Waals surface area contributed by atoms with Crippen molar-refractivity contribution in [2.75, 3.05) is 12.8 Å². The summed E-state index contributed by atoms with van der Waals surface area (Å²) in [6.45, 7) is 3.19. The molecule has 0 heterocycles. The highest BCUT2D eigenvalue weighted by molar-refractivity contribution is 14.0. The Balaban J connectivity index is 0.00000289. The number of thioether (sulfide) groups is 1. The van der Waals surface area contributed by atoms with E-state index >= 15 is 0 Å². The molecule has 0 spiro atoms. The Morgan fingerprint density at radius 2 is 2.17 bits per heavy atom. The molecule has 1 aromatic carbocycles. The van der Waals surface area contributed by atoms with Crippen molar-refractivity contribution in [2.24, 2.45) is 10.7 Å². The fourth-order valence-corrected chi connectivity index (χ4v) is 2.03. The third-order valence-corrected chi connectivity index (χ3v) is 2.85. The molecule has 1 aromatic rings. The zero-order valence-corrected chi connectivity index (χ0v) is 13.7. The number of hydrogen-bond acceptors (Lipinski definition) is 2. The van der Waals surface area contributed by atoms with Gasteiger partial charge in [-0.25, -0.2) is 9.38 Å². The fraction of sp³-hybridized carbons (Fsp3) is 0.417. The third kappa shape index (κ3) is 5.90. The maximum absolute atomic E-state index is 13.1. The first-order valence-electron chi connectivity index (χ1n) is 5.47. The third-order valence-electron chi connectivity index (χ3n) is 2.25. The van der Waals surface area contributed by atoms with Crippen LogP contribution in [-0.4, -0.2) is 18.8 Å². The Kier molecular flexibility index (Phi) is 9.17. The fourth-order valence-electron chi connectivity index (χ4n) is 1.45. The van der Waals surface area contributed by atoms with Crippen LogP contribution in [0.25, 0.3) is 0 Å². The molecule has 0 aliphatic heterocycles. The van der Waals surface area contributed by atoms with Gasteiger partial charge in [-0.1, -0.05) is 6.07 Å². The summed E-state index contributed by atoms with van der Waals surface area (Å²) in [4.78, 5) is 4.21. The van der Waals surface area contributed by atoms with E-state index in [0.29, 0.717) is 12.5 Å². The second kappa shape index (κ2) is 9.43. The first-order valence-corrected chi connectivity index (χ1v) is 6.86. The molecule has 0 aliphatic carbocycles. The minimum Gasteiger partial charge on any atom is -0.370 e. The highest BCUT2D eigenvalue weighted by atomic mass is 127. The van der Waals surface area contributed by atoms with E-state index in [1.54, 1.807) is 23.9 Å². The van der Waals surface area contributed by atoms with E-state index in [0.717, 1.165) is 23.4 Å². The van der Waals surface area contributed by atoms with E-state index in [1.807, 2.05) is 13.2 Å². The number of nitrogens with zero attached hydrogens (tertiary/aromatic N) is 1. The summed E-state index contributed by atoms with van der Waals surface area (Å²) in [7, 11) is 0. The normalized spacial score (nSPS) is 10.9. The quantitative estimate of drug-likeness (QED) is 0.467. The van der Waals surface area contributed by atoms with Gasteiger partial charge in [-0.3, -0.25) is 0 Å². The lowest BCUT2D eigenvalue weighted by atomic mass is 10.1. The first kappa shape index (κ1) is 17.5. The molecule has 0 amide bonds. The number of halogens is 2. The van der Waals surface area contributed by atoms with Crippen LogP contribution in [0.3, 0.4) is 0 Å². The number of benzene rings is 1. The molecule has 0 saturated heterocycles. The lowest BCUT2D eigenvalue weighted by molar-refractivity contribution is 0.625. The van der Waals surface area contributed by atoms with Crippen molar-refractivity contribution >= 4 is 41.7 Å². The van der Waals surface area contributed by atoms with Gasteiger partial charge in [-0.05, 0) is 36.4 Å². The minimum absolute atomic E-state index is 0. The van der Waals surface area contributed by atoms with Gasteiger partial charge in [-0.15, -0.1) is 24.0 Å². The standard InChI is InChI=1S/C12H18FN3S.HI/c1-3-15-12(14)16-7-9-4-5-11(13)6-10(9)8-17-2;/h4-6H,3,7-8H2,1-2H3,(H3,14,15,16);1H. The van der Waals surface area contributed by atoms with Crippen LogP contribution in [0.4, 0.5) is 4.39 Å². The Bertz CT molecular complexity index is 399. The molecule has 3 N–H and O–H groups in total. The molecule has 102 valence electrons. The molecular formula is C12H19FIN3S. The van der Waals surface area contributed by atoms with Crippen molar-refractivity contribution in [2.45, 2.75) is 19.2 Å². The van der Waals surface area contributed by atoms with Crippen molar-refractivity contribution in [3.8, 4) is 0 Å². The van der Waals surface area contributed by atoms with Crippen LogP contribution in [-0.2, 0) is 12.3 Å². The largest absolute Gasteiger partial charge is 0.370 e. The summed E-state index contributed by atoms with van der Waals surface area (Å²) in [5, 5.41) is 2.93. The van der Waals surface area contributed by atoms with Gasteiger partial charge in [0.25, 0.3) is 0 Å². The maximum atomic E-state index is 13.1. The molecule has 3 nitrogen and oxygen atoms in total. The topological polar surface area (TPSA) is 50.4 Å².